The summed E-state index contributed by atoms with van der Waals surface area (Å²) in [5.74, 6) is 5.97. The van der Waals surface area contributed by atoms with Gasteiger partial charge >= 0.3 is 0 Å². The number of aryl methyl sites for hydroxylation is 3. The molecule has 2 aromatic carbocycles. The van der Waals surface area contributed by atoms with Crippen LogP contribution in [0.5, 0.6) is 0 Å². The first kappa shape index (κ1) is 18.0. The minimum Gasteiger partial charge on any atom is -0.399 e. The predicted molar refractivity (Wildman–Crippen MR) is 102 cm³/mol. The Morgan fingerprint density at radius 2 is 1.88 bits per heavy atom. The lowest BCUT2D eigenvalue weighted by atomic mass is 9.95. The number of hydrazine groups is 1. The Kier molecular flexibility index (Phi) is 5.99. The van der Waals surface area contributed by atoms with Crippen molar-refractivity contribution >= 4 is 11.4 Å². The summed E-state index contributed by atoms with van der Waals surface area (Å²) in [5.41, 5.74) is 8.28. The standard InChI is InChI=1S/C20H27N3O/c1-14-7-6-8-20(23(4)21)19(14)12-11-17-9-10-18(13-15(17)2)16(3)22-24-5/h6-10,13H,11-12,21H2,1-5H3/b22-16+. The molecule has 128 valence electrons. The van der Waals surface area contributed by atoms with Crippen LogP contribution < -0.4 is 10.9 Å². The summed E-state index contributed by atoms with van der Waals surface area (Å²) in [7, 11) is 3.45. The van der Waals surface area contributed by atoms with Crippen LogP contribution in [0.2, 0.25) is 0 Å². The lowest BCUT2D eigenvalue weighted by Crippen LogP contribution is -2.26. The third-order valence-electron chi connectivity index (χ3n) is 4.40. The van der Waals surface area contributed by atoms with Crippen LogP contribution in [0.3, 0.4) is 0 Å². The van der Waals surface area contributed by atoms with Gasteiger partial charge in [-0.1, -0.05) is 29.4 Å². The van der Waals surface area contributed by atoms with Crippen LogP contribution in [0.15, 0.2) is 41.6 Å². The molecular weight excluding hydrogens is 298 g/mol. The van der Waals surface area contributed by atoms with Gasteiger partial charge in [-0.05, 0) is 73.6 Å². The normalized spacial score (nSPS) is 11.5. The molecule has 2 N–H and O–H groups in total. The van der Waals surface area contributed by atoms with Crippen LogP contribution in [0.1, 0.15) is 34.7 Å². The van der Waals surface area contributed by atoms with E-state index >= 15 is 0 Å². The molecule has 2 aromatic rings. The Morgan fingerprint density at radius 1 is 1.12 bits per heavy atom. The molecule has 0 fully saturated rings. The molecule has 0 amide bonds. The van der Waals surface area contributed by atoms with Crippen molar-refractivity contribution in [2.45, 2.75) is 33.6 Å². The number of rotatable bonds is 6. The lowest BCUT2D eigenvalue weighted by molar-refractivity contribution is 0.213. The zero-order valence-electron chi connectivity index (χ0n) is 15.3. The first-order valence-corrected chi connectivity index (χ1v) is 8.18. The van der Waals surface area contributed by atoms with E-state index in [0.29, 0.717) is 0 Å². The summed E-state index contributed by atoms with van der Waals surface area (Å²) in [6.07, 6.45) is 1.95. The number of oxime groups is 1. The topological polar surface area (TPSA) is 50.8 Å². The van der Waals surface area contributed by atoms with Gasteiger partial charge in [-0.25, -0.2) is 5.84 Å². The van der Waals surface area contributed by atoms with Crippen molar-refractivity contribution in [3.63, 3.8) is 0 Å². The molecule has 0 aliphatic heterocycles. The van der Waals surface area contributed by atoms with Gasteiger partial charge in [-0.3, -0.25) is 0 Å². The van der Waals surface area contributed by atoms with Crippen molar-refractivity contribution in [2.75, 3.05) is 19.2 Å². The molecule has 0 saturated carbocycles. The molecule has 0 spiro atoms. The van der Waals surface area contributed by atoms with E-state index < -0.39 is 0 Å². The van der Waals surface area contributed by atoms with E-state index in [2.05, 4.69) is 55.4 Å². The predicted octanol–water partition coefficient (Wildman–Crippen LogP) is 3.77. The lowest BCUT2D eigenvalue weighted by Gasteiger charge is -2.19. The van der Waals surface area contributed by atoms with E-state index in [4.69, 9.17) is 10.7 Å². The van der Waals surface area contributed by atoms with Gasteiger partial charge in [-0.2, -0.15) is 0 Å². The second-order valence-electron chi connectivity index (χ2n) is 6.18. The van der Waals surface area contributed by atoms with Gasteiger partial charge in [0.2, 0.25) is 0 Å². The number of benzene rings is 2. The van der Waals surface area contributed by atoms with Gasteiger partial charge in [0.25, 0.3) is 0 Å². The largest absolute Gasteiger partial charge is 0.399 e. The fourth-order valence-corrected chi connectivity index (χ4v) is 2.99. The number of anilines is 1. The molecular formula is C20H27N3O. The Balaban J connectivity index is 2.20. The van der Waals surface area contributed by atoms with Crippen molar-refractivity contribution in [3.05, 3.63) is 64.2 Å². The van der Waals surface area contributed by atoms with E-state index in [1.165, 1.54) is 22.3 Å². The molecule has 0 saturated heterocycles. The summed E-state index contributed by atoms with van der Waals surface area (Å²) >= 11 is 0. The maximum absolute atomic E-state index is 5.97. The molecule has 4 heteroatoms. The molecule has 0 bridgehead atoms. The highest BCUT2D eigenvalue weighted by Crippen LogP contribution is 2.24. The highest BCUT2D eigenvalue weighted by Gasteiger charge is 2.09. The highest BCUT2D eigenvalue weighted by atomic mass is 16.6. The molecule has 24 heavy (non-hydrogen) atoms. The quantitative estimate of drug-likeness (QED) is 0.500. The number of nitrogens with two attached hydrogens (primary N) is 1. The maximum atomic E-state index is 5.97. The average Bonchev–Trinajstić information content (AvgIpc) is 2.54. The maximum Gasteiger partial charge on any atom is 0.106 e. The van der Waals surface area contributed by atoms with Gasteiger partial charge in [0.15, 0.2) is 0 Å². The van der Waals surface area contributed by atoms with E-state index in [0.717, 1.165) is 29.8 Å². The zero-order chi connectivity index (χ0) is 17.7. The van der Waals surface area contributed by atoms with Gasteiger partial charge < -0.3 is 9.85 Å². The minimum absolute atomic E-state index is 0.887. The summed E-state index contributed by atoms with van der Waals surface area (Å²) in [6, 6.07) is 12.7. The number of hydrogen-bond donors (Lipinski definition) is 1. The first-order valence-electron chi connectivity index (χ1n) is 8.18. The summed E-state index contributed by atoms with van der Waals surface area (Å²) in [5, 5.41) is 5.70. The highest BCUT2D eigenvalue weighted by molar-refractivity contribution is 5.98. The molecule has 0 atom stereocenters. The van der Waals surface area contributed by atoms with Crippen LogP contribution in [0, 0.1) is 13.8 Å². The molecule has 2 rings (SSSR count). The van der Waals surface area contributed by atoms with Crippen LogP contribution in [0.25, 0.3) is 0 Å². The number of hydrogen-bond acceptors (Lipinski definition) is 4. The monoisotopic (exact) mass is 325 g/mol. The zero-order valence-corrected chi connectivity index (χ0v) is 15.3. The van der Waals surface area contributed by atoms with Crippen LogP contribution in [0.4, 0.5) is 5.69 Å². The Bertz CT molecular complexity index is 736. The van der Waals surface area contributed by atoms with Crippen molar-refractivity contribution < 1.29 is 4.84 Å². The summed E-state index contributed by atoms with van der Waals surface area (Å²) in [4.78, 5) is 4.85. The Hall–Kier alpha value is -2.33. The summed E-state index contributed by atoms with van der Waals surface area (Å²) in [6.45, 7) is 6.24. The van der Waals surface area contributed by atoms with E-state index in [1.807, 2.05) is 14.0 Å². The third kappa shape index (κ3) is 4.15. The SMILES string of the molecule is CO/N=C(\C)c1ccc(CCc2c(C)cccc2N(C)N)c(C)c1. The van der Waals surface area contributed by atoms with E-state index in [9.17, 15) is 0 Å². The van der Waals surface area contributed by atoms with Crippen LogP contribution in [-0.4, -0.2) is 19.9 Å². The fourth-order valence-electron chi connectivity index (χ4n) is 2.99. The molecule has 0 radical (unpaired) electrons. The van der Waals surface area contributed by atoms with Gasteiger partial charge in [-0.15, -0.1) is 0 Å². The Morgan fingerprint density at radius 3 is 2.50 bits per heavy atom. The van der Waals surface area contributed by atoms with Crippen molar-refractivity contribution in [2.24, 2.45) is 11.0 Å². The molecule has 0 aliphatic carbocycles. The van der Waals surface area contributed by atoms with Crippen molar-refractivity contribution in [1.82, 2.24) is 0 Å². The van der Waals surface area contributed by atoms with Crippen LogP contribution in [-0.2, 0) is 17.7 Å². The fraction of sp³-hybridized carbons (Fsp3) is 0.350. The molecule has 0 aromatic heterocycles. The Labute approximate surface area is 144 Å². The first-order chi connectivity index (χ1) is 11.4. The number of nitrogens with zero attached hydrogens (tertiary/aromatic N) is 2. The summed E-state index contributed by atoms with van der Waals surface area (Å²) < 4.78 is 0. The average molecular weight is 325 g/mol. The molecule has 4 nitrogen and oxygen atoms in total. The van der Waals surface area contributed by atoms with Gasteiger partial charge in [0.05, 0.1) is 11.4 Å². The van der Waals surface area contributed by atoms with Gasteiger partial charge in [0.1, 0.15) is 7.11 Å². The molecule has 0 aliphatic rings. The van der Waals surface area contributed by atoms with Gasteiger partial charge in [0, 0.05) is 7.05 Å². The van der Waals surface area contributed by atoms with E-state index in [1.54, 1.807) is 12.1 Å². The van der Waals surface area contributed by atoms with Crippen LogP contribution >= 0.6 is 0 Å². The van der Waals surface area contributed by atoms with Crippen molar-refractivity contribution in [1.29, 1.82) is 0 Å². The second kappa shape index (κ2) is 7.97. The smallest absolute Gasteiger partial charge is 0.106 e. The third-order valence-corrected chi connectivity index (χ3v) is 4.40. The van der Waals surface area contributed by atoms with E-state index in [-0.39, 0.29) is 0 Å². The molecule has 0 heterocycles. The second-order valence-corrected chi connectivity index (χ2v) is 6.18. The molecule has 0 unspecified atom stereocenters. The van der Waals surface area contributed by atoms with Crippen molar-refractivity contribution in [3.8, 4) is 0 Å². The minimum atomic E-state index is 0.887.